The summed E-state index contributed by atoms with van der Waals surface area (Å²) in [6.45, 7) is 7.82. The molecular weight excluding hydrogens is 278 g/mol. The minimum Gasteiger partial charge on any atom is -0.383 e. The predicted octanol–water partition coefficient (Wildman–Crippen LogP) is 2.15. The van der Waals surface area contributed by atoms with E-state index in [9.17, 15) is 0 Å². The Hall–Kier alpha value is -0.580. The summed E-state index contributed by atoms with van der Waals surface area (Å²) in [6, 6.07) is 8.91. The molecule has 1 saturated heterocycles. The Bertz CT molecular complexity index is 350. The first-order chi connectivity index (χ1) is 8.25. The van der Waals surface area contributed by atoms with Crippen molar-refractivity contribution in [3.63, 3.8) is 0 Å². The van der Waals surface area contributed by atoms with Crippen LogP contribution >= 0.6 is 15.9 Å². The van der Waals surface area contributed by atoms with Gasteiger partial charge in [-0.15, -0.1) is 0 Å². The highest BCUT2D eigenvalue weighted by Gasteiger charge is 2.15. The molecule has 0 aliphatic carbocycles. The van der Waals surface area contributed by atoms with Gasteiger partial charge in [-0.3, -0.25) is 4.90 Å². The van der Waals surface area contributed by atoms with Gasteiger partial charge in [0.05, 0.1) is 0 Å². The van der Waals surface area contributed by atoms with Gasteiger partial charge in [0.25, 0.3) is 0 Å². The van der Waals surface area contributed by atoms with E-state index in [2.05, 4.69) is 56.6 Å². The largest absolute Gasteiger partial charge is 0.383 e. The third-order valence-electron chi connectivity index (χ3n) is 3.20. The Morgan fingerprint density at radius 3 is 2.88 bits per heavy atom. The average Bonchev–Trinajstić information content (AvgIpc) is 2.37. The van der Waals surface area contributed by atoms with Crippen LogP contribution in [0.5, 0.6) is 0 Å². The molecule has 94 valence electrons. The second-order valence-corrected chi connectivity index (χ2v) is 5.44. The topological polar surface area (TPSA) is 27.3 Å². The van der Waals surface area contributed by atoms with Gasteiger partial charge in [-0.05, 0) is 25.1 Å². The summed E-state index contributed by atoms with van der Waals surface area (Å²) in [4.78, 5) is 2.53. The molecule has 0 aromatic heterocycles. The minimum absolute atomic E-state index is 0.580. The van der Waals surface area contributed by atoms with Crippen molar-refractivity contribution in [1.82, 2.24) is 10.2 Å². The molecule has 0 bridgehead atoms. The van der Waals surface area contributed by atoms with E-state index in [1.165, 1.54) is 5.69 Å². The third-order valence-corrected chi connectivity index (χ3v) is 3.69. The molecule has 0 amide bonds. The zero-order valence-corrected chi connectivity index (χ0v) is 11.8. The van der Waals surface area contributed by atoms with Gasteiger partial charge < -0.3 is 10.6 Å². The highest BCUT2D eigenvalue weighted by atomic mass is 79.9. The molecule has 3 nitrogen and oxygen atoms in total. The molecule has 2 N–H and O–H groups in total. The lowest BCUT2D eigenvalue weighted by molar-refractivity contribution is 0.191. The standard InChI is InChI=1S/C13H20BrN3/c1-11(17-7-5-15-6-8-17)10-16-13-4-2-3-12(14)9-13/h2-4,9,11,15-16H,5-8,10H2,1H3. The van der Waals surface area contributed by atoms with E-state index in [1.807, 2.05) is 6.07 Å². The summed E-state index contributed by atoms with van der Waals surface area (Å²) in [5, 5.41) is 6.87. The molecule has 1 heterocycles. The number of nitrogens with one attached hydrogen (secondary N) is 2. The van der Waals surface area contributed by atoms with Gasteiger partial charge in [-0.2, -0.15) is 0 Å². The number of piperazine rings is 1. The average molecular weight is 298 g/mol. The van der Waals surface area contributed by atoms with Gasteiger partial charge >= 0.3 is 0 Å². The minimum atomic E-state index is 0.580. The molecule has 17 heavy (non-hydrogen) atoms. The lowest BCUT2D eigenvalue weighted by Gasteiger charge is -2.33. The van der Waals surface area contributed by atoms with E-state index in [-0.39, 0.29) is 0 Å². The Morgan fingerprint density at radius 2 is 2.18 bits per heavy atom. The molecular formula is C13H20BrN3. The molecule has 0 spiro atoms. The van der Waals surface area contributed by atoms with Crippen LogP contribution in [-0.4, -0.2) is 43.7 Å². The van der Waals surface area contributed by atoms with Gasteiger partial charge in [0.15, 0.2) is 0 Å². The number of hydrogen-bond donors (Lipinski definition) is 2. The van der Waals surface area contributed by atoms with E-state index in [4.69, 9.17) is 0 Å². The monoisotopic (exact) mass is 297 g/mol. The first kappa shape index (κ1) is 12.9. The van der Waals surface area contributed by atoms with Crippen molar-refractivity contribution in [2.24, 2.45) is 0 Å². The number of rotatable bonds is 4. The lowest BCUT2D eigenvalue weighted by atomic mass is 10.2. The second kappa shape index (κ2) is 6.38. The molecule has 2 rings (SSSR count). The van der Waals surface area contributed by atoms with Crippen molar-refractivity contribution in [2.45, 2.75) is 13.0 Å². The molecule has 0 radical (unpaired) electrons. The number of anilines is 1. The summed E-state index contributed by atoms with van der Waals surface area (Å²) in [5.74, 6) is 0. The predicted molar refractivity (Wildman–Crippen MR) is 76.5 cm³/mol. The van der Waals surface area contributed by atoms with Crippen LogP contribution in [0.15, 0.2) is 28.7 Å². The fraction of sp³-hybridized carbons (Fsp3) is 0.538. The van der Waals surface area contributed by atoms with Gasteiger partial charge in [-0.1, -0.05) is 22.0 Å². The Kier molecular flexibility index (Phi) is 4.83. The Balaban J connectivity index is 1.80. The van der Waals surface area contributed by atoms with Gasteiger partial charge in [0.1, 0.15) is 0 Å². The van der Waals surface area contributed by atoms with Crippen molar-refractivity contribution in [3.8, 4) is 0 Å². The maximum atomic E-state index is 3.49. The zero-order chi connectivity index (χ0) is 12.1. The number of halogens is 1. The maximum absolute atomic E-state index is 3.49. The van der Waals surface area contributed by atoms with Gasteiger partial charge in [-0.25, -0.2) is 0 Å². The molecule has 4 heteroatoms. The summed E-state index contributed by atoms with van der Waals surface area (Å²) < 4.78 is 1.12. The van der Waals surface area contributed by atoms with Crippen LogP contribution in [0.25, 0.3) is 0 Å². The summed E-state index contributed by atoms with van der Waals surface area (Å²) in [6.07, 6.45) is 0. The number of nitrogens with zero attached hydrogens (tertiary/aromatic N) is 1. The zero-order valence-electron chi connectivity index (χ0n) is 10.2. The van der Waals surface area contributed by atoms with Crippen LogP contribution in [0.2, 0.25) is 0 Å². The molecule has 0 saturated carbocycles. The van der Waals surface area contributed by atoms with Crippen LogP contribution in [0.4, 0.5) is 5.69 Å². The summed E-state index contributed by atoms with van der Waals surface area (Å²) >= 11 is 3.49. The van der Waals surface area contributed by atoms with E-state index < -0.39 is 0 Å². The van der Waals surface area contributed by atoms with Crippen LogP contribution in [0, 0.1) is 0 Å². The highest BCUT2D eigenvalue weighted by Crippen LogP contribution is 2.15. The van der Waals surface area contributed by atoms with E-state index in [0.29, 0.717) is 6.04 Å². The maximum Gasteiger partial charge on any atom is 0.0352 e. The van der Waals surface area contributed by atoms with Gasteiger partial charge in [0, 0.05) is 48.9 Å². The molecule has 1 aliphatic rings. The van der Waals surface area contributed by atoms with E-state index >= 15 is 0 Å². The fourth-order valence-electron chi connectivity index (χ4n) is 2.12. The molecule has 1 atom stereocenters. The van der Waals surface area contributed by atoms with Crippen molar-refractivity contribution >= 4 is 21.6 Å². The third kappa shape index (κ3) is 3.98. The first-order valence-electron chi connectivity index (χ1n) is 6.20. The van der Waals surface area contributed by atoms with Crippen molar-refractivity contribution in [3.05, 3.63) is 28.7 Å². The summed E-state index contributed by atoms with van der Waals surface area (Å²) in [5.41, 5.74) is 1.18. The van der Waals surface area contributed by atoms with Crippen molar-refractivity contribution in [1.29, 1.82) is 0 Å². The lowest BCUT2D eigenvalue weighted by Crippen LogP contribution is -2.49. The van der Waals surface area contributed by atoms with Crippen molar-refractivity contribution < 1.29 is 0 Å². The quantitative estimate of drug-likeness (QED) is 0.892. The van der Waals surface area contributed by atoms with Crippen LogP contribution < -0.4 is 10.6 Å². The smallest absolute Gasteiger partial charge is 0.0352 e. The SMILES string of the molecule is CC(CNc1cccc(Br)c1)N1CCNCC1. The first-order valence-corrected chi connectivity index (χ1v) is 6.99. The van der Waals surface area contributed by atoms with Crippen molar-refractivity contribution in [2.75, 3.05) is 38.0 Å². The molecule has 1 aromatic carbocycles. The Morgan fingerprint density at radius 1 is 1.41 bits per heavy atom. The molecule has 1 aliphatic heterocycles. The number of hydrogen-bond acceptors (Lipinski definition) is 3. The van der Waals surface area contributed by atoms with Gasteiger partial charge in [0.2, 0.25) is 0 Å². The highest BCUT2D eigenvalue weighted by molar-refractivity contribution is 9.10. The van der Waals surface area contributed by atoms with E-state index in [0.717, 1.165) is 37.2 Å². The Labute approximate surface area is 112 Å². The van der Waals surface area contributed by atoms with Crippen LogP contribution in [-0.2, 0) is 0 Å². The second-order valence-electron chi connectivity index (χ2n) is 4.53. The van der Waals surface area contributed by atoms with Crippen LogP contribution in [0.3, 0.4) is 0 Å². The van der Waals surface area contributed by atoms with E-state index in [1.54, 1.807) is 0 Å². The molecule has 1 aromatic rings. The summed E-state index contributed by atoms with van der Waals surface area (Å²) in [7, 11) is 0. The molecule has 1 fully saturated rings. The molecule has 1 unspecified atom stereocenters. The normalized spacial score (nSPS) is 18.9. The fourth-order valence-corrected chi connectivity index (χ4v) is 2.52. The van der Waals surface area contributed by atoms with Crippen LogP contribution in [0.1, 0.15) is 6.92 Å². The number of benzene rings is 1.